The first-order valence-electron chi connectivity index (χ1n) is 6.31. The third-order valence-corrected chi connectivity index (χ3v) is 3.54. The summed E-state index contributed by atoms with van der Waals surface area (Å²) in [6, 6.07) is 5.09. The van der Waals surface area contributed by atoms with E-state index < -0.39 is 22.2 Å². The van der Waals surface area contributed by atoms with Crippen LogP contribution in [0.1, 0.15) is 36.7 Å². The van der Waals surface area contributed by atoms with E-state index in [9.17, 15) is 9.59 Å². The first kappa shape index (κ1) is 14.9. The van der Waals surface area contributed by atoms with Crippen molar-refractivity contribution in [1.29, 1.82) is 0 Å². The predicted molar refractivity (Wildman–Crippen MR) is 75.5 cm³/mol. The van der Waals surface area contributed by atoms with Gasteiger partial charge in [-0.15, -0.1) is 0 Å². The Hall–Kier alpha value is -1.55. The van der Waals surface area contributed by atoms with Crippen LogP contribution in [0.2, 0.25) is 0 Å². The zero-order chi connectivity index (χ0) is 15.1. The van der Waals surface area contributed by atoms with Gasteiger partial charge < -0.3 is 9.47 Å². The highest BCUT2D eigenvalue weighted by atomic mass is 35.5. The molecule has 0 N–H and O–H groups in total. The topological polar surface area (TPSA) is 52.6 Å². The Morgan fingerprint density at radius 1 is 1.35 bits per heavy atom. The van der Waals surface area contributed by atoms with Crippen molar-refractivity contribution in [2.75, 3.05) is 7.11 Å². The number of fused-ring (bicyclic) bond motifs is 1. The van der Waals surface area contributed by atoms with Gasteiger partial charge in [0.1, 0.15) is 11.4 Å². The van der Waals surface area contributed by atoms with E-state index in [4.69, 9.17) is 21.1 Å². The van der Waals surface area contributed by atoms with Crippen LogP contribution in [0.4, 0.5) is 0 Å². The van der Waals surface area contributed by atoms with Crippen molar-refractivity contribution in [2.45, 2.75) is 37.7 Å². The summed E-state index contributed by atoms with van der Waals surface area (Å²) >= 11 is 6.27. The molecule has 1 aromatic carbocycles. The van der Waals surface area contributed by atoms with Crippen molar-refractivity contribution < 1.29 is 19.1 Å². The van der Waals surface area contributed by atoms with Gasteiger partial charge in [-0.1, -0.05) is 17.7 Å². The van der Waals surface area contributed by atoms with Gasteiger partial charge in [0.2, 0.25) is 4.87 Å². The fourth-order valence-corrected chi connectivity index (χ4v) is 2.41. The molecule has 0 bridgehead atoms. The van der Waals surface area contributed by atoms with Crippen LogP contribution in [-0.4, -0.2) is 29.3 Å². The number of carbonyl (C=O) groups is 2. The zero-order valence-corrected chi connectivity index (χ0v) is 12.7. The molecule has 0 aromatic heterocycles. The van der Waals surface area contributed by atoms with Gasteiger partial charge in [-0.25, -0.2) is 4.79 Å². The predicted octanol–water partition coefficient (Wildman–Crippen LogP) is 2.75. The van der Waals surface area contributed by atoms with Crippen LogP contribution in [0.3, 0.4) is 0 Å². The van der Waals surface area contributed by atoms with Crippen molar-refractivity contribution in [3.8, 4) is 5.75 Å². The van der Waals surface area contributed by atoms with E-state index in [0.29, 0.717) is 11.3 Å². The number of carbonyl (C=O) groups excluding carboxylic acids is 2. The average Bonchev–Trinajstić information content (AvgIpc) is 2.61. The van der Waals surface area contributed by atoms with Crippen molar-refractivity contribution in [3.05, 3.63) is 29.3 Å². The minimum Gasteiger partial charge on any atom is -0.497 e. The number of ketones is 1. The summed E-state index contributed by atoms with van der Waals surface area (Å²) in [5, 5.41) is 0. The van der Waals surface area contributed by atoms with E-state index in [1.807, 2.05) is 0 Å². The molecule has 20 heavy (non-hydrogen) atoms. The maximum atomic E-state index is 12.4. The van der Waals surface area contributed by atoms with E-state index in [2.05, 4.69) is 0 Å². The largest absolute Gasteiger partial charge is 0.497 e. The Labute approximate surface area is 123 Å². The fraction of sp³-hybridized carbons (Fsp3) is 0.467. The van der Waals surface area contributed by atoms with E-state index in [0.717, 1.165) is 5.56 Å². The molecule has 0 radical (unpaired) electrons. The number of Topliss-reactive ketones (excluding diaryl/α,β-unsaturated/α-hetero) is 1. The Morgan fingerprint density at radius 2 is 2.00 bits per heavy atom. The molecule has 108 valence electrons. The van der Waals surface area contributed by atoms with Crippen molar-refractivity contribution in [3.63, 3.8) is 0 Å². The van der Waals surface area contributed by atoms with Crippen molar-refractivity contribution in [2.24, 2.45) is 0 Å². The molecule has 0 heterocycles. The number of esters is 1. The van der Waals surface area contributed by atoms with Crippen LogP contribution in [0, 0.1) is 0 Å². The number of hydrogen-bond acceptors (Lipinski definition) is 4. The Bertz CT molecular complexity index is 574. The second kappa shape index (κ2) is 4.77. The van der Waals surface area contributed by atoms with Crippen LogP contribution < -0.4 is 4.74 Å². The average molecular weight is 297 g/mol. The van der Waals surface area contributed by atoms with Crippen LogP contribution in [0.15, 0.2) is 18.2 Å². The maximum absolute atomic E-state index is 12.4. The molecular formula is C15H17ClO4. The van der Waals surface area contributed by atoms with Crippen molar-refractivity contribution >= 4 is 23.4 Å². The summed E-state index contributed by atoms with van der Waals surface area (Å²) in [6.45, 7) is 5.21. The minimum atomic E-state index is -1.66. The summed E-state index contributed by atoms with van der Waals surface area (Å²) in [5.74, 6) is -0.573. The molecule has 0 fully saturated rings. The molecular weight excluding hydrogens is 280 g/mol. The third-order valence-electron chi connectivity index (χ3n) is 3.08. The molecule has 0 saturated heterocycles. The molecule has 1 aromatic rings. The Kier molecular flexibility index (Phi) is 3.54. The zero-order valence-electron chi connectivity index (χ0n) is 12.0. The molecule has 5 heteroatoms. The Balaban J connectivity index is 2.33. The second-order valence-corrected chi connectivity index (χ2v) is 6.48. The number of methoxy groups -OCH3 is 1. The summed E-state index contributed by atoms with van der Waals surface area (Å²) < 4.78 is 10.3. The highest BCUT2D eigenvalue weighted by molar-refractivity contribution is 6.49. The normalized spacial score (nSPS) is 21.6. The molecule has 1 aliphatic rings. The summed E-state index contributed by atoms with van der Waals surface area (Å²) in [7, 11) is 1.52. The summed E-state index contributed by atoms with van der Waals surface area (Å²) in [6.07, 6.45) is 0.141. The van der Waals surface area contributed by atoms with E-state index in [-0.39, 0.29) is 6.42 Å². The first-order chi connectivity index (χ1) is 9.17. The van der Waals surface area contributed by atoms with E-state index in [1.165, 1.54) is 7.11 Å². The number of rotatable bonds is 2. The lowest BCUT2D eigenvalue weighted by Gasteiger charge is -2.25. The van der Waals surface area contributed by atoms with E-state index in [1.54, 1.807) is 39.0 Å². The second-order valence-electron chi connectivity index (χ2n) is 5.83. The highest BCUT2D eigenvalue weighted by Gasteiger charge is 2.52. The molecule has 0 amide bonds. The monoisotopic (exact) mass is 296 g/mol. The third kappa shape index (κ3) is 2.52. The van der Waals surface area contributed by atoms with Crippen molar-refractivity contribution in [1.82, 2.24) is 0 Å². The minimum absolute atomic E-state index is 0.141. The lowest BCUT2D eigenvalue weighted by molar-refractivity contribution is -0.156. The van der Waals surface area contributed by atoms with Crippen LogP contribution in [0.5, 0.6) is 5.75 Å². The van der Waals surface area contributed by atoms with Gasteiger partial charge in [-0.05, 0) is 38.5 Å². The van der Waals surface area contributed by atoms with Gasteiger partial charge in [0.05, 0.1) is 7.11 Å². The van der Waals surface area contributed by atoms with Crippen LogP contribution in [0.25, 0.3) is 0 Å². The number of ether oxygens (including phenoxy) is 2. The number of halogens is 1. The molecule has 0 spiro atoms. The van der Waals surface area contributed by atoms with Gasteiger partial charge in [0, 0.05) is 12.0 Å². The SMILES string of the molecule is COc1ccc2c(c1)C(=O)[C@](Cl)(C(=O)OC(C)(C)C)C2. The van der Waals surface area contributed by atoms with Gasteiger partial charge in [-0.3, -0.25) is 4.79 Å². The van der Waals surface area contributed by atoms with E-state index >= 15 is 0 Å². The number of hydrogen-bond donors (Lipinski definition) is 0. The molecule has 0 saturated carbocycles. The molecule has 0 unspecified atom stereocenters. The highest BCUT2D eigenvalue weighted by Crippen LogP contribution is 2.38. The lowest BCUT2D eigenvalue weighted by atomic mass is 10.0. The summed E-state index contributed by atoms with van der Waals surface area (Å²) in [4.78, 5) is 23.0. The first-order valence-corrected chi connectivity index (χ1v) is 6.69. The molecule has 0 aliphatic heterocycles. The number of alkyl halides is 1. The molecule has 4 nitrogen and oxygen atoms in total. The fourth-order valence-electron chi connectivity index (χ4n) is 2.13. The Morgan fingerprint density at radius 3 is 2.55 bits per heavy atom. The quantitative estimate of drug-likeness (QED) is 0.478. The number of benzene rings is 1. The van der Waals surface area contributed by atoms with Gasteiger partial charge in [0.25, 0.3) is 0 Å². The standard InChI is InChI=1S/C15H17ClO4/c1-14(2,3)20-13(18)15(16)8-9-5-6-10(19-4)7-11(9)12(15)17/h5-7H,8H2,1-4H3/t15-/m0/s1. The van der Waals surface area contributed by atoms with Gasteiger partial charge >= 0.3 is 5.97 Å². The molecule has 1 atom stereocenters. The smallest absolute Gasteiger partial charge is 0.336 e. The van der Waals surface area contributed by atoms with Crippen LogP contribution >= 0.6 is 11.6 Å². The van der Waals surface area contributed by atoms with Gasteiger partial charge in [0.15, 0.2) is 5.78 Å². The lowest BCUT2D eigenvalue weighted by Crippen LogP contribution is -2.43. The molecule has 2 rings (SSSR count). The summed E-state index contributed by atoms with van der Waals surface area (Å²) in [5.41, 5.74) is 0.466. The van der Waals surface area contributed by atoms with Crippen LogP contribution in [-0.2, 0) is 16.0 Å². The molecule has 1 aliphatic carbocycles. The maximum Gasteiger partial charge on any atom is 0.336 e. The van der Waals surface area contributed by atoms with Gasteiger partial charge in [-0.2, -0.15) is 0 Å².